The zero-order chi connectivity index (χ0) is 14.5. The summed E-state index contributed by atoms with van der Waals surface area (Å²) in [5, 5.41) is 4.08. The first-order chi connectivity index (χ1) is 9.61. The Morgan fingerprint density at radius 3 is 2.55 bits per heavy atom. The Balaban J connectivity index is 2.01. The smallest absolute Gasteiger partial charge is 0.129 e. The third-order valence-corrected chi connectivity index (χ3v) is 3.42. The van der Waals surface area contributed by atoms with Crippen molar-refractivity contribution in [3.8, 4) is 0 Å². The molecule has 0 saturated carbocycles. The van der Waals surface area contributed by atoms with Gasteiger partial charge >= 0.3 is 0 Å². The average molecular weight is 280 g/mol. The first-order valence-corrected chi connectivity index (χ1v) is 6.47. The molecule has 0 amide bonds. The van der Waals surface area contributed by atoms with Crippen LogP contribution >= 0.6 is 0 Å². The fourth-order valence-corrected chi connectivity index (χ4v) is 2.19. The summed E-state index contributed by atoms with van der Waals surface area (Å²) in [6.07, 6.45) is 3.34. The van der Waals surface area contributed by atoms with Gasteiger partial charge < -0.3 is 0 Å². The second kappa shape index (κ2) is 6.58. The third kappa shape index (κ3) is 3.40. The van der Waals surface area contributed by atoms with Crippen LogP contribution in [0.3, 0.4) is 0 Å². The maximum Gasteiger partial charge on any atom is 0.129 e. The van der Waals surface area contributed by atoms with Crippen molar-refractivity contribution < 1.29 is 8.78 Å². The van der Waals surface area contributed by atoms with Crippen LogP contribution < -0.4 is 11.3 Å². The number of hydrogen-bond donors (Lipinski definition) is 2. The van der Waals surface area contributed by atoms with Crippen LogP contribution in [-0.4, -0.2) is 15.8 Å². The van der Waals surface area contributed by atoms with Crippen LogP contribution in [0.5, 0.6) is 0 Å². The van der Waals surface area contributed by atoms with Gasteiger partial charge in [-0.05, 0) is 37.5 Å². The molecule has 3 N–H and O–H groups in total. The molecule has 0 spiro atoms. The number of rotatable bonds is 6. The molecule has 0 saturated heterocycles. The van der Waals surface area contributed by atoms with Crippen molar-refractivity contribution in [2.45, 2.75) is 25.3 Å². The lowest BCUT2D eigenvalue weighted by Crippen LogP contribution is -2.37. The first kappa shape index (κ1) is 14.6. The fourth-order valence-electron chi connectivity index (χ4n) is 2.19. The van der Waals surface area contributed by atoms with Crippen molar-refractivity contribution in [3.05, 3.63) is 53.4 Å². The average Bonchev–Trinajstić information content (AvgIpc) is 2.83. The molecule has 0 aliphatic rings. The highest BCUT2D eigenvalue weighted by atomic mass is 19.1. The van der Waals surface area contributed by atoms with E-state index >= 15 is 0 Å². The van der Waals surface area contributed by atoms with E-state index < -0.39 is 11.6 Å². The Kier molecular flexibility index (Phi) is 4.81. The minimum Gasteiger partial charge on any atom is -0.273 e. The first-order valence-electron chi connectivity index (χ1n) is 6.47. The molecule has 0 radical (unpaired) electrons. The predicted octanol–water partition coefficient (Wildman–Crippen LogP) is 1.71. The molecule has 1 unspecified atom stereocenters. The van der Waals surface area contributed by atoms with E-state index in [4.69, 9.17) is 5.84 Å². The number of benzene rings is 1. The second-order valence-electron chi connectivity index (χ2n) is 4.75. The topological polar surface area (TPSA) is 55.9 Å². The van der Waals surface area contributed by atoms with Gasteiger partial charge in [0.05, 0.1) is 0 Å². The maximum atomic E-state index is 13.6. The Morgan fingerprint density at radius 2 is 2.00 bits per heavy atom. The zero-order valence-corrected chi connectivity index (χ0v) is 11.3. The molecule has 1 aromatic heterocycles. The normalized spacial score (nSPS) is 12.6. The Labute approximate surface area is 116 Å². The van der Waals surface area contributed by atoms with Gasteiger partial charge in [0, 0.05) is 30.5 Å². The number of nitrogens with one attached hydrogen (secondary N) is 1. The summed E-state index contributed by atoms with van der Waals surface area (Å²) in [5.74, 6) is 4.41. The maximum absolute atomic E-state index is 13.6. The monoisotopic (exact) mass is 280 g/mol. The van der Waals surface area contributed by atoms with E-state index in [1.165, 1.54) is 18.2 Å². The van der Waals surface area contributed by atoms with Crippen LogP contribution in [0, 0.1) is 11.6 Å². The lowest BCUT2D eigenvalue weighted by Gasteiger charge is -2.16. The molecule has 20 heavy (non-hydrogen) atoms. The number of nitrogens with two attached hydrogens (primary N) is 1. The quantitative estimate of drug-likeness (QED) is 0.625. The van der Waals surface area contributed by atoms with E-state index in [2.05, 4.69) is 10.5 Å². The molecule has 2 rings (SSSR count). The molecule has 0 aliphatic carbocycles. The van der Waals surface area contributed by atoms with Gasteiger partial charge in [-0.2, -0.15) is 5.10 Å². The van der Waals surface area contributed by atoms with Crippen molar-refractivity contribution in [1.82, 2.24) is 15.2 Å². The molecule has 6 heteroatoms. The van der Waals surface area contributed by atoms with E-state index in [9.17, 15) is 8.78 Å². The molecule has 1 heterocycles. The largest absolute Gasteiger partial charge is 0.273 e. The van der Waals surface area contributed by atoms with Crippen molar-refractivity contribution >= 4 is 0 Å². The number of halogens is 2. The van der Waals surface area contributed by atoms with Crippen molar-refractivity contribution in [2.75, 3.05) is 0 Å². The highest BCUT2D eigenvalue weighted by Gasteiger charge is 2.15. The summed E-state index contributed by atoms with van der Waals surface area (Å²) in [6.45, 7) is 0. The Hall–Kier alpha value is -1.79. The molecular formula is C14H18F2N4. The third-order valence-electron chi connectivity index (χ3n) is 3.42. The molecule has 4 nitrogen and oxygen atoms in total. The Morgan fingerprint density at radius 1 is 1.30 bits per heavy atom. The number of nitrogens with zero attached hydrogens (tertiary/aromatic N) is 2. The van der Waals surface area contributed by atoms with Crippen molar-refractivity contribution in [1.29, 1.82) is 0 Å². The summed E-state index contributed by atoms with van der Waals surface area (Å²) in [5.41, 5.74) is 3.75. The van der Waals surface area contributed by atoms with Crippen LogP contribution in [0.2, 0.25) is 0 Å². The highest BCUT2D eigenvalue weighted by Crippen LogP contribution is 2.16. The summed E-state index contributed by atoms with van der Waals surface area (Å²) in [7, 11) is 1.86. The molecule has 1 aromatic carbocycles. The second-order valence-corrected chi connectivity index (χ2v) is 4.75. The van der Waals surface area contributed by atoms with E-state index in [0.717, 1.165) is 12.1 Å². The number of aromatic nitrogens is 2. The van der Waals surface area contributed by atoms with E-state index in [0.29, 0.717) is 6.42 Å². The van der Waals surface area contributed by atoms with Crippen LogP contribution in [0.1, 0.15) is 17.7 Å². The van der Waals surface area contributed by atoms with E-state index in [1.807, 2.05) is 13.1 Å². The molecule has 1 atom stereocenters. The van der Waals surface area contributed by atoms with Crippen LogP contribution in [0.15, 0.2) is 30.5 Å². The van der Waals surface area contributed by atoms with Crippen LogP contribution in [0.4, 0.5) is 8.78 Å². The minimum absolute atomic E-state index is 0.0699. The lowest BCUT2D eigenvalue weighted by atomic mass is 10.0. The summed E-state index contributed by atoms with van der Waals surface area (Å²) >= 11 is 0. The molecule has 0 bridgehead atoms. The van der Waals surface area contributed by atoms with Gasteiger partial charge in [-0.15, -0.1) is 0 Å². The summed E-state index contributed by atoms with van der Waals surface area (Å²) < 4.78 is 29.0. The SMILES string of the molecule is Cn1nccc1CCC(Cc1c(F)cccc1F)NN. The predicted molar refractivity (Wildman–Crippen MR) is 72.7 cm³/mol. The molecular weight excluding hydrogens is 262 g/mol. The zero-order valence-electron chi connectivity index (χ0n) is 11.3. The fraction of sp³-hybridized carbons (Fsp3) is 0.357. The standard InChI is InChI=1S/C14H18F2N4/c1-20-11(7-8-18-20)6-5-10(19-17)9-12-13(15)3-2-4-14(12)16/h2-4,7-8,10,19H,5-6,9,17H2,1H3. The van der Waals surface area contributed by atoms with Crippen LogP contribution in [0.25, 0.3) is 0 Å². The van der Waals surface area contributed by atoms with Gasteiger partial charge in [-0.3, -0.25) is 16.0 Å². The van der Waals surface area contributed by atoms with Gasteiger partial charge in [-0.25, -0.2) is 8.78 Å². The Bertz CT molecular complexity index is 548. The minimum atomic E-state index is -0.536. The van der Waals surface area contributed by atoms with E-state index in [-0.39, 0.29) is 18.0 Å². The number of hydrogen-bond acceptors (Lipinski definition) is 3. The van der Waals surface area contributed by atoms with Crippen molar-refractivity contribution in [2.24, 2.45) is 12.9 Å². The molecule has 0 aliphatic heterocycles. The van der Waals surface area contributed by atoms with Gasteiger partial charge in [0.25, 0.3) is 0 Å². The van der Waals surface area contributed by atoms with Gasteiger partial charge in [-0.1, -0.05) is 6.07 Å². The summed E-state index contributed by atoms with van der Waals surface area (Å²) in [4.78, 5) is 0. The van der Waals surface area contributed by atoms with Crippen molar-refractivity contribution in [3.63, 3.8) is 0 Å². The molecule has 108 valence electrons. The summed E-state index contributed by atoms with van der Waals surface area (Å²) in [6, 6.07) is 5.59. The highest BCUT2D eigenvalue weighted by molar-refractivity contribution is 5.20. The van der Waals surface area contributed by atoms with Gasteiger partial charge in [0.1, 0.15) is 11.6 Å². The number of hydrazine groups is 1. The van der Waals surface area contributed by atoms with Gasteiger partial charge in [0.2, 0.25) is 0 Å². The van der Waals surface area contributed by atoms with Crippen LogP contribution in [-0.2, 0) is 19.9 Å². The number of aryl methyl sites for hydroxylation is 2. The van der Waals surface area contributed by atoms with Gasteiger partial charge in [0.15, 0.2) is 0 Å². The van der Waals surface area contributed by atoms with E-state index in [1.54, 1.807) is 10.9 Å². The lowest BCUT2D eigenvalue weighted by molar-refractivity contribution is 0.459. The molecule has 2 aromatic rings. The molecule has 0 fully saturated rings.